The fourth-order valence-electron chi connectivity index (χ4n) is 4.87. The maximum Gasteiger partial charge on any atom is 0.317 e. The molecule has 2 saturated carbocycles. The SMILES string of the molecule is CCN(CC(=O)O)C1CC(NC(=O)N(C)C2CC(OC)C2(CC)CC)C1. The Labute approximate surface area is 157 Å². The largest absolute Gasteiger partial charge is 0.480 e. The van der Waals surface area contributed by atoms with E-state index in [9.17, 15) is 9.59 Å². The van der Waals surface area contributed by atoms with Gasteiger partial charge in [-0.25, -0.2) is 4.79 Å². The highest BCUT2D eigenvalue weighted by Gasteiger charge is 2.55. The smallest absolute Gasteiger partial charge is 0.317 e. The lowest BCUT2D eigenvalue weighted by Gasteiger charge is -2.58. The number of carboxylic acids is 1. The molecule has 0 spiro atoms. The topological polar surface area (TPSA) is 82.1 Å². The summed E-state index contributed by atoms with van der Waals surface area (Å²) in [6.45, 7) is 7.10. The average Bonchev–Trinajstić information content (AvgIpc) is 2.56. The molecule has 2 fully saturated rings. The van der Waals surface area contributed by atoms with Gasteiger partial charge in [0.15, 0.2) is 0 Å². The zero-order chi connectivity index (χ0) is 19.5. The number of carboxylic acid groups (broad SMARTS) is 1. The maximum atomic E-state index is 12.7. The number of hydrogen-bond donors (Lipinski definition) is 2. The van der Waals surface area contributed by atoms with Crippen molar-refractivity contribution < 1.29 is 19.4 Å². The number of methoxy groups -OCH3 is 1. The minimum absolute atomic E-state index is 0.0273. The van der Waals surface area contributed by atoms with Crippen LogP contribution in [0, 0.1) is 5.41 Å². The Morgan fingerprint density at radius 1 is 1.19 bits per heavy atom. The minimum atomic E-state index is -0.799. The van der Waals surface area contributed by atoms with Gasteiger partial charge in [0.2, 0.25) is 0 Å². The highest BCUT2D eigenvalue weighted by Crippen LogP contribution is 2.50. The molecule has 2 amide bonds. The molecule has 2 rings (SSSR count). The zero-order valence-electron chi connectivity index (χ0n) is 16.8. The van der Waals surface area contributed by atoms with Gasteiger partial charge in [-0.3, -0.25) is 9.69 Å². The summed E-state index contributed by atoms with van der Waals surface area (Å²) in [4.78, 5) is 27.4. The van der Waals surface area contributed by atoms with Crippen molar-refractivity contribution in [2.45, 2.75) is 77.1 Å². The van der Waals surface area contributed by atoms with Gasteiger partial charge >= 0.3 is 12.0 Å². The number of hydrogen-bond acceptors (Lipinski definition) is 4. The minimum Gasteiger partial charge on any atom is -0.480 e. The molecule has 2 aliphatic rings. The molecule has 26 heavy (non-hydrogen) atoms. The number of ether oxygens (including phenoxy) is 1. The first-order chi connectivity index (χ1) is 12.3. The van der Waals surface area contributed by atoms with E-state index >= 15 is 0 Å². The van der Waals surface area contributed by atoms with Gasteiger partial charge in [0.25, 0.3) is 0 Å². The summed E-state index contributed by atoms with van der Waals surface area (Å²) < 4.78 is 5.63. The standard InChI is InChI=1S/C19H35N3O4/c1-6-19(7-2)15(11-16(19)26-5)21(4)18(25)20-13-9-14(10-13)22(8-3)12-17(23)24/h13-16H,6-12H2,1-5H3,(H,20,25)(H,23,24). The Balaban J connectivity index is 1.85. The Morgan fingerprint density at radius 3 is 2.27 bits per heavy atom. The van der Waals surface area contributed by atoms with Gasteiger partial charge in [-0.05, 0) is 38.6 Å². The van der Waals surface area contributed by atoms with Crippen LogP contribution in [0.3, 0.4) is 0 Å². The van der Waals surface area contributed by atoms with E-state index < -0.39 is 5.97 Å². The second kappa shape index (κ2) is 8.57. The van der Waals surface area contributed by atoms with E-state index in [0.717, 1.165) is 32.1 Å². The number of urea groups is 1. The van der Waals surface area contributed by atoms with E-state index in [2.05, 4.69) is 19.2 Å². The van der Waals surface area contributed by atoms with Crippen LogP contribution in [0.15, 0.2) is 0 Å². The Bertz CT molecular complexity index is 503. The summed E-state index contributed by atoms with van der Waals surface area (Å²) in [5, 5.41) is 12.1. The Hall–Kier alpha value is -1.34. The molecule has 2 unspecified atom stereocenters. The summed E-state index contributed by atoms with van der Waals surface area (Å²) in [7, 11) is 3.64. The third-order valence-electron chi connectivity index (χ3n) is 6.83. The molecule has 0 aromatic rings. The molecule has 0 aromatic carbocycles. The van der Waals surface area contributed by atoms with Crippen LogP contribution in [0.25, 0.3) is 0 Å². The molecule has 7 heteroatoms. The fourth-order valence-corrected chi connectivity index (χ4v) is 4.87. The molecule has 0 radical (unpaired) electrons. The number of likely N-dealkylation sites (N-methyl/N-ethyl adjacent to an activating group) is 1. The van der Waals surface area contributed by atoms with Crippen molar-refractivity contribution in [3.63, 3.8) is 0 Å². The van der Waals surface area contributed by atoms with Crippen molar-refractivity contribution in [2.75, 3.05) is 27.2 Å². The first-order valence-corrected chi connectivity index (χ1v) is 9.84. The second-order valence-electron chi connectivity index (χ2n) is 7.76. The summed E-state index contributed by atoms with van der Waals surface area (Å²) in [6.07, 6.45) is 4.74. The predicted molar refractivity (Wildman–Crippen MR) is 100 cm³/mol. The summed E-state index contributed by atoms with van der Waals surface area (Å²) in [6, 6.07) is 0.561. The third kappa shape index (κ3) is 3.83. The van der Waals surface area contributed by atoms with Crippen molar-refractivity contribution in [3.05, 3.63) is 0 Å². The summed E-state index contributed by atoms with van der Waals surface area (Å²) in [5.74, 6) is -0.799. The number of rotatable bonds is 9. The van der Waals surface area contributed by atoms with E-state index in [1.165, 1.54) is 0 Å². The van der Waals surface area contributed by atoms with Gasteiger partial charge in [0.05, 0.1) is 12.6 Å². The number of carbonyl (C=O) groups excluding carboxylic acids is 1. The van der Waals surface area contributed by atoms with Crippen LogP contribution < -0.4 is 5.32 Å². The molecule has 2 aliphatic carbocycles. The van der Waals surface area contributed by atoms with Crippen LogP contribution in [-0.2, 0) is 9.53 Å². The van der Waals surface area contributed by atoms with Crippen LogP contribution in [0.2, 0.25) is 0 Å². The lowest BCUT2D eigenvalue weighted by Crippen LogP contribution is -2.66. The first-order valence-electron chi connectivity index (χ1n) is 9.84. The van der Waals surface area contributed by atoms with E-state index in [-0.39, 0.29) is 42.2 Å². The van der Waals surface area contributed by atoms with Crippen LogP contribution in [0.4, 0.5) is 4.79 Å². The molecule has 7 nitrogen and oxygen atoms in total. The molecule has 0 saturated heterocycles. The van der Waals surface area contributed by atoms with Crippen LogP contribution in [0.1, 0.15) is 52.9 Å². The molecular weight excluding hydrogens is 334 g/mol. The normalized spacial score (nSPS) is 29.6. The molecule has 0 aliphatic heterocycles. The van der Waals surface area contributed by atoms with Gasteiger partial charge in [-0.15, -0.1) is 0 Å². The molecular formula is C19H35N3O4. The van der Waals surface area contributed by atoms with Crippen LogP contribution in [-0.4, -0.2) is 78.4 Å². The molecule has 0 bridgehead atoms. The van der Waals surface area contributed by atoms with Gasteiger partial charge in [-0.2, -0.15) is 0 Å². The highest BCUT2D eigenvalue weighted by molar-refractivity contribution is 5.75. The number of amides is 2. The number of aliphatic carboxylic acids is 1. The number of carbonyl (C=O) groups is 2. The summed E-state index contributed by atoms with van der Waals surface area (Å²) in [5.41, 5.74) is 0.0451. The van der Waals surface area contributed by atoms with E-state index in [1.54, 1.807) is 7.11 Å². The van der Waals surface area contributed by atoms with Crippen molar-refractivity contribution in [2.24, 2.45) is 5.41 Å². The Kier molecular flexibility index (Phi) is 6.91. The van der Waals surface area contributed by atoms with Crippen molar-refractivity contribution in [1.82, 2.24) is 15.1 Å². The van der Waals surface area contributed by atoms with Gasteiger partial charge in [-0.1, -0.05) is 20.8 Å². The lowest BCUT2D eigenvalue weighted by molar-refractivity contribution is -0.146. The van der Waals surface area contributed by atoms with Crippen molar-refractivity contribution >= 4 is 12.0 Å². The Morgan fingerprint density at radius 2 is 1.81 bits per heavy atom. The quantitative estimate of drug-likeness (QED) is 0.651. The van der Waals surface area contributed by atoms with Crippen molar-refractivity contribution in [1.29, 1.82) is 0 Å². The molecule has 0 heterocycles. The highest BCUT2D eigenvalue weighted by atomic mass is 16.5. The summed E-state index contributed by atoms with van der Waals surface area (Å²) >= 11 is 0. The number of nitrogens with one attached hydrogen (secondary N) is 1. The van der Waals surface area contributed by atoms with E-state index in [1.807, 2.05) is 23.8 Å². The monoisotopic (exact) mass is 369 g/mol. The average molecular weight is 370 g/mol. The van der Waals surface area contributed by atoms with E-state index in [4.69, 9.17) is 9.84 Å². The maximum absolute atomic E-state index is 12.7. The third-order valence-corrected chi connectivity index (χ3v) is 6.83. The van der Waals surface area contributed by atoms with Gasteiger partial charge in [0, 0.05) is 37.7 Å². The van der Waals surface area contributed by atoms with Gasteiger partial charge in [0.1, 0.15) is 0 Å². The second-order valence-corrected chi connectivity index (χ2v) is 7.76. The van der Waals surface area contributed by atoms with Gasteiger partial charge < -0.3 is 20.1 Å². The number of nitrogens with zero attached hydrogens (tertiary/aromatic N) is 2. The predicted octanol–water partition coefficient (Wildman–Crippen LogP) is 2.16. The molecule has 0 aromatic heterocycles. The molecule has 150 valence electrons. The van der Waals surface area contributed by atoms with Crippen molar-refractivity contribution in [3.8, 4) is 0 Å². The van der Waals surface area contributed by atoms with Crippen LogP contribution >= 0.6 is 0 Å². The first kappa shape index (κ1) is 21.0. The molecule has 2 N–H and O–H groups in total. The zero-order valence-corrected chi connectivity index (χ0v) is 16.8. The lowest BCUT2D eigenvalue weighted by atomic mass is 9.58. The molecule has 2 atom stereocenters. The van der Waals surface area contributed by atoms with Crippen LogP contribution in [0.5, 0.6) is 0 Å². The van der Waals surface area contributed by atoms with E-state index in [0.29, 0.717) is 6.54 Å². The fraction of sp³-hybridized carbons (Fsp3) is 0.895.